The van der Waals surface area contributed by atoms with Crippen LogP contribution >= 0.6 is 27.5 Å². The molecule has 1 aromatic carbocycles. The van der Waals surface area contributed by atoms with Gasteiger partial charge >= 0.3 is 0 Å². The molecule has 19 heavy (non-hydrogen) atoms. The standard InChI is InChI=1S/C15H19BrClNO/c1-3-10-7-8-13(9(10)2)18-15(19)11-5-4-6-12(16)14(11)17/h4-6,9-10,13H,3,7-8H2,1-2H3,(H,18,19). The van der Waals surface area contributed by atoms with Crippen LogP contribution in [0, 0.1) is 11.8 Å². The average molecular weight is 345 g/mol. The monoisotopic (exact) mass is 343 g/mol. The van der Waals surface area contributed by atoms with E-state index >= 15 is 0 Å². The first-order valence-corrected chi connectivity index (χ1v) is 7.96. The quantitative estimate of drug-likeness (QED) is 0.849. The molecule has 0 aromatic heterocycles. The third-order valence-electron chi connectivity index (χ3n) is 4.26. The molecule has 0 aliphatic heterocycles. The molecule has 1 amide bonds. The summed E-state index contributed by atoms with van der Waals surface area (Å²) in [5, 5.41) is 3.62. The smallest absolute Gasteiger partial charge is 0.253 e. The summed E-state index contributed by atoms with van der Waals surface area (Å²) < 4.78 is 0.757. The average Bonchev–Trinajstić information content (AvgIpc) is 2.73. The van der Waals surface area contributed by atoms with Crippen LogP contribution in [0.1, 0.15) is 43.5 Å². The van der Waals surface area contributed by atoms with Crippen molar-refractivity contribution in [2.45, 2.75) is 39.2 Å². The zero-order valence-corrected chi connectivity index (χ0v) is 13.6. The molecule has 3 atom stereocenters. The molecule has 4 heteroatoms. The molecule has 0 saturated heterocycles. The van der Waals surface area contributed by atoms with Crippen LogP contribution in [0.4, 0.5) is 0 Å². The lowest BCUT2D eigenvalue weighted by Crippen LogP contribution is -2.37. The minimum absolute atomic E-state index is 0.0695. The highest BCUT2D eigenvalue weighted by Crippen LogP contribution is 2.34. The minimum atomic E-state index is -0.0695. The summed E-state index contributed by atoms with van der Waals surface area (Å²) in [5.41, 5.74) is 0.545. The highest BCUT2D eigenvalue weighted by atomic mass is 79.9. The molecule has 1 saturated carbocycles. The number of rotatable bonds is 3. The first kappa shape index (κ1) is 14.9. The molecule has 1 aliphatic rings. The Labute approximate surface area is 128 Å². The second-order valence-electron chi connectivity index (χ2n) is 5.29. The van der Waals surface area contributed by atoms with Crippen LogP contribution in [-0.2, 0) is 0 Å². The van der Waals surface area contributed by atoms with E-state index in [0.717, 1.165) is 16.8 Å². The molecule has 104 valence electrons. The van der Waals surface area contributed by atoms with E-state index in [1.54, 1.807) is 6.07 Å². The van der Waals surface area contributed by atoms with Crippen LogP contribution < -0.4 is 5.32 Å². The van der Waals surface area contributed by atoms with E-state index in [-0.39, 0.29) is 11.9 Å². The van der Waals surface area contributed by atoms with Gasteiger partial charge in [0.1, 0.15) is 0 Å². The fourth-order valence-corrected chi connectivity index (χ4v) is 3.53. The van der Waals surface area contributed by atoms with Gasteiger partial charge in [-0.15, -0.1) is 0 Å². The van der Waals surface area contributed by atoms with E-state index in [0.29, 0.717) is 16.5 Å². The lowest BCUT2D eigenvalue weighted by molar-refractivity contribution is 0.0926. The molecule has 1 fully saturated rings. The summed E-state index contributed by atoms with van der Waals surface area (Å²) in [6.45, 7) is 4.45. The van der Waals surface area contributed by atoms with Crippen molar-refractivity contribution in [3.63, 3.8) is 0 Å². The molecular formula is C15H19BrClNO. The highest BCUT2D eigenvalue weighted by Gasteiger charge is 2.32. The molecule has 1 aliphatic carbocycles. The van der Waals surface area contributed by atoms with Crippen LogP contribution in [0.3, 0.4) is 0 Å². The summed E-state index contributed by atoms with van der Waals surface area (Å²) in [4.78, 5) is 12.3. The van der Waals surface area contributed by atoms with Crippen molar-refractivity contribution in [2.75, 3.05) is 0 Å². The number of nitrogens with one attached hydrogen (secondary N) is 1. The summed E-state index contributed by atoms with van der Waals surface area (Å²) in [5.74, 6) is 1.20. The summed E-state index contributed by atoms with van der Waals surface area (Å²) in [6.07, 6.45) is 3.46. The van der Waals surface area contributed by atoms with Gasteiger partial charge in [0, 0.05) is 10.5 Å². The third-order valence-corrected chi connectivity index (χ3v) is 5.56. The van der Waals surface area contributed by atoms with Crippen molar-refractivity contribution >= 4 is 33.4 Å². The van der Waals surface area contributed by atoms with Crippen LogP contribution in [0.5, 0.6) is 0 Å². The molecule has 3 unspecified atom stereocenters. The maximum atomic E-state index is 12.3. The predicted octanol–water partition coefficient (Wildman–Crippen LogP) is 4.66. The zero-order valence-electron chi connectivity index (χ0n) is 11.2. The van der Waals surface area contributed by atoms with Gasteiger partial charge in [-0.2, -0.15) is 0 Å². The maximum Gasteiger partial charge on any atom is 0.253 e. The van der Waals surface area contributed by atoms with Gasteiger partial charge in [-0.3, -0.25) is 4.79 Å². The van der Waals surface area contributed by atoms with E-state index in [9.17, 15) is 4.79 Å². The molecule has 2 rings (SSSR count). The number of carbonyl (C=O) groups is 1. The number of halogens is 2. The fourth-order valence-electron chi connectivity index (χ4n) is 2.95. The minimum Gasteiger partial charge on any atom is -0.349 e. The van der Waals surface area contributed by atoms with Gasteiger partial charge in [-0.05, 0) is 52.7 Å². The van der Waals surface area contributed by atoms with Gasteiger partial charge in [0.2, 0.25) is 0 Å². The Morgan fingerprint density at radius 1 is 1.47 bits per heavy atom. The van der Waals surface area contributed by atoms with Gasteiger partial charge in [-0.25, -0.2) is 0 Å². The number of benzene rings is 1. The Bertz CT molecular complexity index is 477. The van der Waals surface area contributed by atoms with Crippen molar-refractivity contribution in [1.29, 1.82) is 0 Å². The largest absolute Gasteiger partial charge is 0.349 e. The summed E-state index contributed by atoms with van der Waals surface area (Å²) in [6, 6.07) is 5.70. The Morgan fingerprint density at radius 3 is 2.84 bits per heavy atom. The third kappa shape index (κ3) is 3.14. The molecule has 0 bridgehead atoms. The van der Waals surface area contributed by atoms with E-state index in [1.807, 2.05) is 12.1 Å². The Balaban J connectivity index is 2.08. The highest BCUT2D eigenvalue weighted by molar-refractivity contribution is 9.10. The molecule has 0 radical (unpaired) electrons. The second-order valence-corrected chi connectivity index (χ2v) is 6.52. The van der Waals surface area contributed by atoms with E-state index in [2.05, 4.69) is 35.1 Å². The van der Waals surface area contributed by atoms with Crippen molar-refractivity contribution in [3.05, 3.63) is 33.3 Å². The Hall–Kier alpha value is -0.540. The van der Waals surface area contributed by atoms with Crippen LogP contribution in [0.15, 0.2) is 22.7 Å². The van der Waals surface area contributed by atoms with Crippen LogP contribution in [0.2, 0.25) is 5.02 Å². The predicted molar refractivity (Wildman–Crippen MR) is 82.6 cm³/mol. The molecule has 2 nitrogen and oxygen atoms in total. The first-order valence-electron chi connectivity index (χ1n) is 6.79. The van der Waals surface area contributed by atoms with Crippen LogP contribution in [0.25, 0.3) is 0 Å². The Morgan fingerprint density at radius 2 is 2.21 bits per heavy atom. The molecule has 0 spiro atoms. The second kappa shape index (κ2) is 6.27. The first-order chi connectivity index (χ1) is 9.04. The zero-order chi connectivity index (χ0) is 14.0. The van der Waals surface area contributed by atoms with E-state index < -0.39 is 0 Å². The lowest BCUT2D eigenvalue weighted by atomic mass is 9.93. The van der Waals surface area contributed by atoms with Crippen molar-refractivity contribution in [1.82, 2.24) is 5.32 Å². The number of amides is 1. The summed E-state index contributed by atoms with van der Waals surface area (Å²) >= 11 is 9.51. The molecule has 0 heterocycles. The van der Waals surface area contributed by atoms with Crippen molar-refractivity contribution < 1.29 is 4.79 Å². The van der Waals surface area contributed by atoms with Gasteiger partial charge in [0.15, 0.2) is 0 Å². The lowest BCUT2D eigenvalue weighted by Gasteiger charge is -2.21. The topological polar surface area (TPSA) is 29.1 Å². The Kier molecular flexibility index (Phi) is 4.91. The normalized spacial score (nSPS) is 26.4. The van der Waals surface area contributed by atoms with E-state index in [1.165, 1.54) is 12.8 Å². The number of hydrogen-bond donors (Lipinski definition) is 1. The van der Waals surface area contributed by atoms with Crippen molar-refractivity contribution in [2.24, 2.45) is 11.8 Å². The number of hydrogen-bond acceptors (Lipinski definition) is 1. The van der Waals surface area contributed by atoms with Gasteiger partial charge in [0.05, 0.1) is 10.6 Å². The van der Waals surface area contributed by atoms with Gasteiger partial charge in [-0.1, -0.05) is 37.9 Å². The molecule has 1 N–H and O–H groups in total. The molecular weight excluding hydrogens is 326 g/mol. The van der Waals surface area contributed by atoms with Crippen LogP contribution in [-0.4, -0.2) is 11.9 Å². The fraction of sp³-hybridized carbons (Fsp3) is 0.533. The van der Waals surface area contributed by atoms with Crippen molar-refractivity contribution in [3.8, 4) is 0 Å². The summed E-state index contributed by atoms with van der Waals surface area (Å²) in [7, 11) is 0. The van der Waals surface area contributed by atoms with Gasteiger partial charge < -0.3 is 5.32 Å². The number of carbonyl (C=O) groups excluding carboxylic acids is 1. The maximum absolute atomic E-state index is 12.3. The SMILES string of the molecule is CCC1CCC(NC(=O)c2cccc(Br)c2Cl)C1C. The molecule has 1 aromatic rings. The van der Waals surface area contributed by atoms with E-state index in [4.69, 9.17) is 11.6 Å². The van der Waals surface area contributed by atoms with Gasteiger partial charge in [0.25, 0.3) is 5.91 Å².